The van der Waals surface area contributed by atoms with E-state index in [1.807, 2.05) is 0 Å². The zero-order chi connectivity index (χ0) is 22.4. The molecule has 0 unspecified atom stereocenters. The second-order valence-electron chi connectivity index (χ2n) is 6.28. The van der Waals surface area contributed by atoms with Gasteiger partial charge in [0.1, 0.15) is 11.5 Å². The van der Waals surface area contributed by atoms with Gasteiger partial charge in [-0.15, -0.1) is 0 Å². The number of benzene rings is 3. The number of halogens is 1. The number of nitrogens with one attached hydrogen (secondary N) is 3. The van der Waals surface area contributed by atoms with Crippen molar-refractivity contribution >= 4 is 56.0 Å². The van der Waals surface area contributed by atoms with Gasteiger partial charge in [-0.25, -0.2) is 8.42 Å². The molecular weight excluding hydrogens is 458 g/mol. The number of sulfonamides is 1. The highest BCUT2D eigenvalue weighted by molar-refractivity contribution is 7.92. The lowest BCUT2D eigenvalue weighted by molar-refractivity contribution is 0.415. The van der Waals surface area contributed by atoms with Crippen LogP contribution >= 0.6 is 23.8 Å². The molecule has 3 rings (SSSR count). The van der Waals surface area contributed by atoms with Crippen LogP contribution in [0.5, 0.6) is 11.5 Å². The molecule has 0 saturated heterocycles. The number of anilines is 3. The van der Waals surface area contributed by atoms with Gasteiger partial charge >= 0.3 is 0 Å². The molecule has 31 heavy (non-hydrogen) atoms. The van der Waals surface area contributed by atoms with Crippen LogP contribution in [0.15, 0.2) is 71.6 Å². The molecule has 0 heterocycles. The normalized spacial score (nSPS) is 10.8. The van der Waals surface area contributed by atoms with Gasteiger partial charge < -0.3 is 20.1 Å². The van der Waals surface area contributed by atoms with Gasteiger partial charge in [0.25, 0.3) is 10.0 Å². The van der Waals surface area contributed by atoms with Crippen molar-refractivity contribution in [3.63, 3.8) is 0 Å². The molecule has 7 nitrogen and oxygen atoms in total. The fourth-order valence-electron chi connectivity index (χ4n) is 2.63. The summed E-state index contributed by atoms with van der Waals surface area (Å²) in [4.78, 5) is 0.0438. The predicted molar refractivity (Wildman–Crippen MR) is 128 cm³/mol. The molecule has 0 spiro atoms. The van der Waals surface area contributed by atoms with Gasteiger partial charge in [0.15, 0.2) is 5.11 Å². The number of rotatable bonds is 7. The minimum atomic E-state index is -3.82. The Kier molecular flexibility index (Phi) is 7.21. The zero-order valence-corrected chi connectivity index (χ0v) is 19.1. The average Bonchev–Trinajstić information content (AvgIpc) is 2.75. The van der Waals surface area contributed by atoms with Gasteiger partial charge in [0, 0.05) is 22.5 Å². The van der Waals surface area contributed by atoms with Crippen LogP contribution in [0.25, 0.3) is 0 Å². The molecule has 0 aliphatic rings. The van der Waals surface area contributed by atoms with Gasteiger partial charge in [-0.2, -0.15) is 0 Å². The fraction of sp³-hybridized carbons (Fsp3) is 0.0952. The van der Waals surface area contributed by atoms with Gasteiger partial charge in [0.2, 0.25) is 0 Å². The SMILES string of the molecule is COc1ccc(NS(=O)(=O)c2ccc(NC(=S)Nc3ccc(Cl)cc3)c(OC)c2)cc1. The average molecular weight is 478 g/mol. The van der Waals surface area contributed by atoms with Crippen LogP contribution in [0, 0.1) is 0 Å². The van der Waals surface area contributed by atoms with E-state index in [2.05, 4.69) is 15.4 Å². The topological polar surface area (TPSA) is 88.7 Å². The first-order valence-electron chi connectivity index (χ1n) is 8.99. The van der Waals surface area contributed by atoms with E-state index < -0.39 is 10.0 Å². The summed E-state index contributed by atoms with van der Waals surface area (Å²) in [6, 6.07) is 18.1. The van der Waals surface area contributed by atoms with E-state index in [-0.39, 0.29) is 4.90 Å². The maximum atomic E-state index is 12.8. The van der Waals surface area contributed by atoms with Crippen molar-refractivity contribution in [2.45, 2.75) is 4.90 Å². The Morgan fingerprint density at radius 2 is 1.52 bits per heavy atom. The second-order valence-corrected chi connectivity index (χ2v) is 8.81. The molecular formula is C21H20ClN3O4S2. The molecule has 3 N–H and O–H groups in total. The largest absolute Gasteiger partial charge is 0.497 e. The molecule has 0 radical (unpaired) electrons. The minimum absolute atomic E-state index is 0.0438. The van der Waals surface area contributed by atoms with Crippen molar-refractivity contribution in [3.05, 3.63) is 71.8 Å². The summed E-state index contributed by atoms with van der Waals surface area (Å²) in [7, 11) is -0.836. The van der Waals surface area contributed by atoms with Crippen LogP contribution in [0.3, 0.4) is 0 Å². The standard InChI is InChI=1S/C21H20ClN3O4S2/c1-28-17-9-7-16(8-10-17)25-31(26,27)18-11-12-19(20(13-18)29-2)24-21(30)23-15-5-3-14(22)4-6-15/h3-13,25H,1-2H3,(H2,23,24,30). The monoisotopic (exact) mass is 477 g/mol. The molecule has 0 bridgehead atoms. The van der Waals surface area contributed by atoms with Crippen LogP contribution in [-0.4, -0.2) is 27.7 Å². The quantitative estimate of drug-likeness (QED) is 0.414. The Balaban J connectivity index is 1.74. The molecule has 10 heteroatoms. The van der Waals surface area contributed by atoms with Gasteiger partial charge in [-0.1, -0.05) is 11.6 Å². The van der Waals surface area contributed by atoms with Crippen LogP contribution in [0.2, 0.25) is 5.02 Å². The lowest BCUT2D eigenvalue weighted by atomic mass is 10.3. The zero-order valence-electron chi connectivity index (χ0n) is 16.7. The Bertz CT molecular complexity index is 1170. The fourth-order valence-corrected chi connectivity index (χ4v) is 4.06. The van der Waals surface area contributed by atoms with E-state index >= 15 is 0 Å². The summed E-state index contributed by atoms with van der Waals surface area (Å²) in [5, 5.41) is 6.95. The number of ether oxygens (including phenoxy) is 2. The highest BCUT2D eigenvalue weighted by Crippen LogP contribution is 2.29. The van der Waals surface area contributed by atoms with Crippen molar-refractivity contribution in [1.82, 2.24) is 0 Å². The maximum absolute atomic E-state index is 12.8. The van der Waals surface area contributed by atoms with Crippen LogP contribution < -0.4 is 24.8 Å². The summed E-state index contributed by atoms with van der Waals surface area (Å²) in [6.07, 6.45) is 0. The Labute approximate surface area is 191 Å². The maximum Gasteiger partial charge on any atom is 0.262 e. The number of hydrogen-bond acceptors (Lipinski definition) is 5. The van der Waals surface area contributed by atoms with Crippen molar-refractivity contribution in [2.24, 2.45) is 0 Å². The van der Waals surface area contributed by atoms with E-state index in [4.69, 9.17) is 33.3 Å². The first-order chi connectivity index (χ1) is 14.8. The van der Waals surface area contributed by atoms with Crippen molar-refractivity contribution in [2.75, 3.05) is 29.6 Å². The molecule has 0 aromatic heterocycles. The third-order valence-corrected chi connectivity index (χ3v) is 6.01. The minimum Gasteiger partial charge on any atom is -0.497 e. The highest BCUT2D eigenvalue weighted by Gasteiger charge is 2.17. The summed E-state index contributed by atoms with van der Waals surface area (Å²) in [5.74, 6) is 0.945. The summed E-state index contributed by atoms with van der Waals surface area (Å²) < 4.78 is 38.5. The number of methoxy groups -OCH3 is 2. The summed E-state index contributed by atoms with van der Waals surface area (Å²) in [5.41, 5.74) is 1.68. The Morgan fingerprint density at radius 1 is 0.871 bits per heavy atom. The predicted octanol–water partition coefficient (Wildman–Crippen LogP) is 4.97. The molecule has 3 aromatic carbocycles. The van der Waals surface area contributed by atoms with E-state index in [0.717, 1.165) is 5.69 Å². The molecule has 0 fully saturated rings. The van der Waals surface area contributed by atoms with Crippen molar-refractivity contribution in [3.8, 4) is 11.5 Å². The summed E-state index contributed by atoms with van der Waals surface area (Å²) in [6.45, 7) is 0. The number of hydrogen-bond donors (Lipinski definition) is 3. The first kappa shape index (κ1) is 22.7. The van der Waals surface area contributed by atoms with Crippen LogP contribution in [0.4, 0.5) is 17.1 Å². The smallest absolute Gasteiger partial charge is 0.262 e. The van der Waals surface area contributed by atoms with Gasteiger partial charge in [-0.05, 0) is 72.9 Å². The van der Waals surface area contributed by atoms with Gasteiger partial charge in [-0.3, -0.25) is 4.72 Å². The van der Waals surface area contributed by atoms with Crippen molar-refractivity contribution in [1.29, 1.82) is 0 Å². The first-order valence-corrected chi connectivity index (χ1v) is 11.3. The molecule has 3 aromatic rings. The van der Waals surface area contributed by atoms with E-state index in [0.29, 0.717) is 33.0 Å². The Morgan fingerprint density at radius 3 is 2.13 bits per heavy atom. The van der Waals surface area contributed by atoms with E-state index in [1.165, 1.54) is 26.4 Å². The summed E-state index contributed by atoms with van der Waals surface area (Å²) >= 11 is 11.2. The van der Waals surface area contributed by atoms with Crippen molar-refractivity contribution < 1.29 is 17.9 Å². The molecule has 0 aliphatic carbocycles. The lowest BCUT2D eigenvalue weighted by Crippen LogP contribution is -2.19. The third kappa shape index (κ3) is 6.00. The van der Waals surface area contributed by atoms with E-state index in [9.17, 15) is 8.42 Å². The molecule has 0 atom stereocenters. The number of thiocarbonyl (C=S) groups is 1. The molecule has 0 aliphatic heterocycles. The Hall–Kier alpha value is -3.01. The lowest BCUT2D eigenvalue weighted by Gasteiger charge is -2.15. The van der Waals surface area contributed by atoms with Crippen LogP contribution in [-0.2, 0) is 10.0 Å². The molecule has 162 valence electrons. The highest BCUT2D eigenvalue weighted by atomic mass is 35.5. The molecule has 0 amide bonds. The second kappa shape index (κ2) is 9.86. The third-order valence-electron chi connectivity index (χ3n) is 4.18. The molecule has 0 saturated carbocycles. The van der Waals surface area contributed by atoms with Gasteiger partial charge in [0.05, 0.1) is 24.8 Å². The van der Waals surface area contributed by atoms with E-state index in [1.54, 1.807) is 54.6 Å². The van der Waals surface area contributed by atoms with Crippen LogP contribution in [0.1, 0.15) is 0 Å².